The van der Waals surface area contributed by atoms with Crippen molar-refractivity contribution in [3.05, 3.63) is 12.7 Å². The minimum Gasteiger partial charge on any atom is -0.393 e. The first-order chi connectivity index (χ1) is 5.29. The van der Waals surface area contributed by atoms with E-state index in [1.807, 2.05) is 6.08 Å². The number of hydrogen-bond acceptors (Lipinski definition) is 2. The molecular weight excluding hydrogens is 140 g/mol. The molecule has 1 fully saturated rings. The van der Waals surface area contributed by atoms with Gasteiger partial charge >= 0.3 is 0 Å². The molecule has 1 aliphatic rings. The summed E-state index contributed by atoms with van der Waals surface area (Å²) in [6.07, 6.45) is 4.71. The van der Waals surface area contributed by atoms with Crippen LogP contribution in [0.1, 0.15) is 19.3 Å². The number of aliphatic hydroxyl groups excluding tert-OH is 1. The Kier molecular flexibility index (Phi) is 2.83. The maximum absolute atomic E-state index is 10.2. The molecule has 2 nitrogen and oxygen atoms in total. The molecular formula is C9H14O2. The molecule has 0 heterocycles. The van der Waals surface area contributed by atoms with Gasteiger partial charge in [-0.25, -0.2) is 0 Å². The van der Waals surface area contributed by atoms with Crippen molar-refractivity contribution in [2.45, 2.75) is 25.4 Å². The van der Waals surface area contributed by atoms with Crippen LogP contribution in [0, 0.1) is 11.8 Å². The van der Waals surface area contributed by atoms with Crippen LogP contribution in [0.15, 0.2) is 12.7 Å². The Morgan fingerprint density at radius 2 is 2.27 bits per heavy atom. The van der Waals surface area contributed by atoms with Gasteiger partial charge in [-0.1, -0.05) is 6.08 Å². The average molecular weight is 154 g/mol. The van der Waals surface area contributed by atoms with E-state index in [4.69, 9.17) is 0 Å². The van der Waals surface area contributed by atoms with Gasteiger partial charge in [-0.05, 0) is 24.7 Å². The SMILES string of the molecule is C=CC1CCC(O)C1CC=O. The summed E-state index contributed by atoms with van der Waals surface area (Å²) >= 11 is 0. The maximum atomic E-state index is 10.2. The molecule has 2 heteroatoms. The summed E-state index contributed by atoms with van der Waals surface area (Å²) < 4.78 is 0. The van der Waals surface area contributed by atoms with E-state index in [1.54, 1.807) is 0 Å². The largest absolute Gasteiger partial charge is 0.393 e. The smallest absolute Gasteiger partial charge is 0.120 e. The highest BCUT2D eigenvalue weighted by atomic mass is 16.3. The third kappa shape index (κ3) is 1.69. The summed E-state index contributed by atoms with van der Waals surface area (Å²) in [5.41, 5.74) is 0. The fourth-order valence-corrected chi connectivity index (χ4v) is 1.81. The third-order valence-electron chi connectivity index (χ3n) is 2.51. The van der Waals surface area contributed by atoms with E-state index in [-0.39, 0.29) is 12.0 Å². The Balaban J connectivity index is 2.54. The first kappa shape index (κ1) is 8.47. The predicted molar refractivity (Wildman–Crippen MR) is 43.1 cm³/mol. The van der Waals surface area contributed by atoms with Gasteiger partial charge in [0.1, 0.15) is 6.29 Å². The second-order valence-electron chi connectivity index (χ2n) is 3.11. The van der Waals surface area contributed by atoms with Crippen molar-refractivity contribution in [1.82, 2.24) is 0 Å². The Morgan fingerprint density at radius 3 is 2.82 bits per heavy atom. The zero-order chi connectivity index (χ0) is 8.27. The normalized spacial score (nSPS) is 37.0. The van der Waals surface area contributed by atoms with Crippen LogP contribution in [0.5, 0.6) is 0 Å². The van der Waals surface area contributed by atoms with E-state index in [0.29, 0.717) is 12.3 Å². The molecule has 0 aromatic carbocycles. The second kappa shape index (κ2) is 3.67. The predicted octanol–water partition coefficient (Wildman–Crippen LogP) is 1.15. The average Bonchev–Trinajstić information content (AvgIpc) is 2.34. The summed E-state index contributed by atoms with van der Waals surface area (Å²) in [6.45, 7) is 3.68. The van der Waals surface area contributed by atoms with Crippen LogP contribution in [0.25, 0.3) is 0 Å². The van der Waals surface area contributed by atoms with Gasteiger partial charge in [-0.2, -0.15) is 0 Å². The second-order valence-corrected chi connectivity index (χ2v) is 3.11. The lowest BCUT2D eigenvalue weighted by molar-refractivity contribution is -0.109. The summed E-state index contributed by atoms with van der Waals surface area (Å²) in [7, 11) is 0. The van der Waals surface area contributed by atoms with Crippen molar-refractivity contribution in [2.24, 2.45) is 11.8 Å². The van der Waals surface area contributed by atoms with Crippen LogP contribution < -0.4 is 0 Å². The molecule has 1 saturated carbocycles. The van der Waals surface area contributed by atoms with Gasteiger partial charge in [-0.3, -0.25) is 0 Å². The lowest BCUT2D eigenvalue weighted by Gasteiger charge is -2.15. The van der Waals surface area contributed by atoms with E-state index >= 15 is 0 Å². The van der Waals surface area contributed by atoms with Gasteiger partial charge < -0.3 is 9.90 Å². The molecule has 1 aliphatic carbocycles. The van der Waals surface area contributed by atoms with E-state index in [2.05, 4.69) is 6.58 Å². The zero-order valence-corrected chi connectivity index (χ0v) is 6.57. The Hall–Kier alpha value is -0.630. The van der Waals surface area contributed by atoms with E-state index in [0.717, 1.165) is 19.1 Å². The zero-order valence-electron chi connectivity index (χ0n) is 6.57. The molecule has 62 valence electrons. The molecule has 0 aliphatic heterocycles. The standard InChI is InChI=1S/C9H14O2/c1-2-7-3-4-9(11)8(7)5-6-10/h2,6-9,11H,1,3-5H2. The Labute approximate surface area is 66.9 Å². The van der Waals surface area contributed by atoms with Crippen molar-refractivity contribution >= 4 is 6.29 Å². The van der Waals surface area contributed by atoms with Crippen LogP contribution >= 0.6 is 0 Å². The molecule has 3 unspecified atom stereocenters. The highest BCUT2D eigenvalue weighted by Crippen LogP contribution is 2.34. The fourth-order valence-electron chi connectivity index (χ4n) is 1.81. The van der Waals surface area contributed by atoms with Gasteiger partial charge in [0, 0.05) is 6.42 Å². The molecule has 0 aromatic rings. The molecule has 0 spiro atoms. The van der Waals surface area contributed by atoms with Crippen molar-refractivity contribution in [3.63, 3.8) is 0 Å². The number of rotatable bonds is 3. The molecule has 1 rings (SSSR count). The van der Waals surface area contributed by atoms with Crippen LogP contribution in [-0.2, 0) is 4.79 Å². The number of allylic oxidation sites excluding steroid dienone is 1. The monoisotopic (exact) mass is 154 g/mol. The molecule has 0 saturated heterocycles. The fraction of sp³-hybridized carbons (Fsp3) is 0.667. The Bertz CT molecular complexity index is 154. The number of aliphatic hydroxyl groups is 1. The molecule has 0 amide bonds. The molecule has 3 atom stereocenters. The molecule has 1 N–H and O–H groups in total. The number of carbonyl (C=O) groups is 1. The van der Waals surface area contributed by atoms with Gasteiger partial charge in [0.05, 0.1) is 6.10 Å². The number of carbonyl (C=O) groups excluding carboxylic acids is 1. The highest BCUT2D eigenvalue weighted by Gasteiger charge is 2.32. The van der Waals surface area contributed by atoms with Gasteiger partial charge in [0.2, 0.25) is 0 Å². The van der Waals surface area contributed by atoms with Crippen LogP contribution in [0.3, 0.4) is 0 Å². The molecule has 11 heavy (non-hydrogen) atoms. The van der Waals surface area contributed by atoms with Crippen LogP contribution in [-0.4, -0.2) is 17.5 Å². The van der Waals surface area contributed by atoms with E-state index in [1.165, 1.54) is 0 Å². The molecule has 0 aromatic heterocycles. The first-order valence-corrected chi connectivity index (χ1v) is 4.04. The van der Waals surface area contributed by atoms with E-state index < -0.39 is 0 Å². The summed E-state index contributed by atoms with van der Waals surface area (Å²) in [5.74, 6) is 0.472. The van der Waals surface area contributed by atoms with Gasteiger partial charge in [-0.15, -0.1) is 6.58 Å². The topological polar surface area (TPSA) is 37.3 Å². The Morgan fingerprint density at radius 1 is 1.55 bits per heavy atom. The quantitative estimate of drug-likeness (QED) is 0.489. The van der Waals surface area contributed by atoms with Crippen molar-refractivity contribution < 1.29 is 9.90 Å². The summed E-state index contributed by atoms with van der Waals surface area (Å²) in [5, 5.41) is 9.41. The highest BCUT2D eigenvalue weighted by molar-refractivity contribution is 5.50. The van der Waals surface area contributed by atoms with Crippen LogP contribution in [0.4, 0.5) is 0 Å². The van der Waals surface area contributed by atoms with Crippen molar-refractivity contribution in [1.29, 1.82) is 0 Å². The third-order valence-corrected chi connectivity index (χ3v) is 2.51. The lowest BCUT2D eigenvalue weighted by atomic mass is 9.92. The summed E-state index contributed by atoms with van der Waals surface area (Å²) in [6, 6.07) is 0. The molecule has 0 radical (unpaired) electrons. The van der Waals surface area contributed by atoms with Crippen LogP contribution in [0.2, 0.25) is 0 Å². The van der Waals surface area contributed by atoms with Crippen molar-refractivity contribution in [3.8, 4) is 0 Å². The first-order valence-electron chi connectivity index (χ1n) is 4.04. The maximum Gasteiger partial charge on any atom is 0.120 e. The van der Waals surface area contributed by atoms with Gasteiger partial charge in [0.15, 0.2) is 0 Å². The number of aldehydes is 1. The summed E-state index contributed by atoms with van der Waals surface area (Å²) in [4.78, 5) is 10.2. The minimum absolute atomic E-state index is 0.130. The molecule has 0 bridgehead atoms. The van der Waals surface area contributed by atoms with Crippen molar-refractivity contribution in [2.75, 3.05) is 0 Å². The lowest BCUT2D eigenvalue weighted by Crippen LogP contribution is -2.18. The minimum atomic E-state index is -0.289. The number of hydrogen-bond donors (Lipinski definition) is 1. The van der Waals surface area contributed by atoms with Gasteiger partial charge in [0.25, 0.3) is 0 Å². The van der Waals surface area contributed by atoms with E-state index in [9.17, 15) is 9.90 Å².